The highest BCUT2D eigenvalue weighted by molar-refractivity contribution is 9.10. The summed E-state index contributed by atoms with van der Waals surface area (Å²) in [6.45, 7) is 3.91. The number of ether oxygens (including phenoxy) is 1. The van der Waals surface area contributed by atoms with Gasteiger partial charge in [-0.05, 0) is 35.8 Å². The second-order valence-electron chi connectivity index (χ2n) is 4.17. The fourth-order valence-corrected chi connectivity index (χ4v) is 2.07. The number of carbonyl (C=O) groups excluding carboxylic acids is 1. The summed E-state index contributed by atoms with van der Waals surface area (Å²) in [6.07, 6.45) is 1.60. The molecule has 0 fully saturated rings. The van der Waals surface area contributed by atoms with Crippen molar-refractivity contribution in [2.75, 3.05) is 7.11 Å². The van der Waals surface area contributed by atoms with Gasteiger partial charge in [0.2, 0.25) is 11.7 Å². The molecule has 0 saturated carbocycles. The minimum absolute atomic E-state index is 0.0801. The Kier molecular flexibility index (Phi) is 3.94. The van der Waals surface area contributed by atoms with Crippen molar-refractivity contribution >= 4 is 21.7 Å². The average molecular weight is 325 g/mol. The molecule has 0 radical (unpaired) electrons. The third kappa shape index (κ3) is 2.65. The van der Waals surface area contributed by atoms with Gasteiger partial charge in [-0.3, -0.25) is 9.48 Å². The molecule has 2 heterocycles. The largest absolute Gasteiger partial charge is 0.480 e. The minimum atomic E-state index is -0.228. The van der Waals surface area contributed by atoms with Crippen molar-refractivity contribution < 1.29 is 9.53 Å². The number of hydrogen-bond acceptors (Lipinski definition) is 5. The molecule has 7 heteroatoms. The summed E-state index contributed by atoms with van der Waals surface area (Å²) in [5.41, 5.74) is 0.721. The Labute approximate surface area is 118 Å². The SMILES string of the molecule is COc1ccc(C(=O)c2c(Br)cnn2C(C)C)nn1. The van der Waals surface area contributed by atoms with Gasteiger partial charge in [0.1, 0.15) is 11.4 Å². The molecule has 0 aliphatic carbocycles. The van der Waals surface area contributed by atoms with Gasteiger partial charge in [-0.15, -0.1) is 10.2 Å². The highest BCUT2D eigenvalue weighted by Crippen LogP contribution is 2.22. The number of aromatic nitrogens is 4. The quantitative estimate of drug-likeness (QED) is 0.807. The zero-order valence-electron chi connectivity index (χ0n) is 10.8. The van der Waals surface area contributed by atoms with Crippen molar-refractivity contribution in [3.05, 3.63) is 34.2 Å². The minimum Gasteiger partial charge on any atom is -0.480 e. The van der Waals surface area contributed by atoms with Gasteiger partial charge in [-0.1, -0.05) is 0 Å². The van der Waals surface area contributed by atoms with Crippen LogP contribution in [0.1, 0.15) is 36.1 Å². The van der Waals surface area contributed by atoms with Crippen molar-refractivity contribution in [1.29, 1.82) is 0 Å². The van der Waals surface area contributed by atoms with Crippen LogP contribution in [0.25, 0.3) is 0 Å². The summed E-state index contributed by atoms with van der Waals surface area (Å²) >= 11 is 3.33. The van der Waals surface area contributed by atoms with E-state index in [-0.39, 0.29) is 17.5 Å². The van der Waals surface area contributed by atoms with Crippen LogP contribution in [0, 0.1) is 0 Å². The maximum Gasteiger partial charge on any atom is 0.233 e. The number of methoxy groups -OCH3 is 1. The first-order valence-corrected chi connectivity index (χ1v) is 6.49. The third-order valence-corrected chi connectivity index (χ3v) is 3.12. The Bertz CT molecular complexity index is 592. The maximum absolute atomic E-state index is 12.4. The predicted octanol–water partition coefficient (Wildman–Crippen LogP) is 2.26. The Hall–Kier alpha value is -1.76. The molecule has 0 bridgehead atoms. The monoisotopic (exact) mass is 324 g/mol. The fraction of sp³-hybridized carbons (Fsp3) is 0.333. The van der Waals surface area contributed by atoms with Gasteiger partial charge >= 0.3 is 0 Å². The van der Waals surface area contributed by atoms with E-state index in [1.165, 1.54) is 7.11 Å². The number of nitrogens with zero attached hydrogens (tertiary/aromatic N) is 4. The predicted molar refractivity (Wildman–Crippen MR) is 72.3 cm³/mol. The average Bonchev–Trinajstić information content (AvgIpc) is 2.80. The van der Waals surface area contributed by atoms with Gasteiger partial charge in [-0.2, -0.15) is 5.10 Å². The van der Waals surface area contributed by atoms with Gasteiger partial charge in [0.05, 0.1) is 17.8 Å². The van der Waals surface area contributed by atoms with Gasteiger partial charge in [0, 0.05) is 12.1 Å². The van der Waals surface area contributed by atoms with Crippen LogP contribution in [0.2, 0.25) is 0 Å². The van der Waals surface area contributed by atoms with Crippen LogP contribution in [-0.4, -0.2) is 32.9 Å². The first-order chi connectivity index (χ1) is 9.04. The molecule has 0 aromatic carbocycles. The molecule has 6 nitrogen and oxygen atoms in total. The first-order valence-electron chi connectivity index (χ1n) is 5.70. The Balaban J connectivity index is 2.40. The topological polar surface area (TPSA) is 69.9 Å². The van der Waals surface area contributed by atoms with E-state index in [1.807, 2.05) is 13.8 Å². The molecule has 100 valence electrons. The Morgan fingerprint density at radius 1 is 1.37 bits per heavy atom. The van der Waals surface area contributed by atoms with Crippen molar-refractivity contribution in [1.82, 2.24) is 20.0 Å². The molecule has 2 rings (SSSR count). The van der Waals surface area contributed by atoms with E-state index in [0.29, 0.717) is 16.0 Å². The van der Waals surface area contributed by atoms with E-state index in [0.717, 1.165) is 0 Å². The molecule has 0 aliphatic heterocycles. The maximum atomic E-state index is 12.4. The number of hydrogen-bond donors (Lipinski definition) is 0. The van der Waals surface area contributed by atoms with Crippen LogP contribution in [0.4, 0.5) is 0 Å². The standard InChI is InChI=1S/C12H13BrN4O2/c1-7(2)17-11(8(13)6-14-17)12(18)9-4-5-10(19-3)16-15-9/h4-7H,1-3H3. The summed E-state index contributed by atoms with van der Waals surface area (Å²) in [5, 5.41) is 11.8. The summed E-state index contributed by atoms with van der Waals surface area (Å²) in [4.78, 5) is 12.4. The van der Waals surface area contributed by atoms with Crippen molar-refractivity contribution in [3.8, 4) is 5.88 Å². The molecule has 2 aromatic heterocycles. The van der Waals surface area contributed by atoms with Gasteiger partial charge in [0.15, 0.2) is 0 Å². The fourth-order valence-electron chi connectivity index (χ4n) is 1.62. The number of rotatable bonds is 4. The van der Waals surface area contributed by atoms with Crippen LogP contribution >= 0.6 is 15.9 Å². The second-order valence-corrected chi connectivity index (χ2v) is 5.02. The summed E-state index contributed by atoms with van der Waals surface area (Å²) in [6, 6.07) is 3.26. The van der Waals surface area contributed by atoms with Crippen molar-refractivity contribution in [2.24, 2.45) is 0 Å². The summed E-state index contributed by atoms with van der Waals surface area (Å²) in [5.74, 6) is 0.140. The zero-order chi connectivity index (χ0) is 14.0. The smallest absolute Gasteiger partial charge is 0.233 e. The summed E-state index contributed by atoms with van der Waals surface area (Å²) in [7, 11) is 1.50. The normalized spacial score (nSPS) is 10.8. The molecule has 0 spiro atoms. The molecule has 0 unspecified atom stereocenters. The number of halogens is 1. The molecule has 2 aromatic rings. The molecule has 0 atom stereocenters. The van der Waals surface area contributed by atoms with Crippen molar-refractivity contribution in [2.45, 2.75) is 19.9 Å². The van der Waals surface area contributed by atoms with Crippen LogP contribution in [0.15, 0.2) is 22.8 Å². The highest BCUT2D eigenvalue weighted by Gasteiger charge is 2.21. The lowest BCUT2D eigenvalue weighted by Gasteiger charge is -2.10. The second kappa shape index (κ2) is 5.48. The number of carbonyl (C=O) groups is 1. The molecular weight excluding hydrogens is 312 g/mol. The summed E-state index contributed by atoms with van der Waals surface area (Å²) < 4.78 is 7.21. The van der Waals surface area contributed by atoms with Gasteiger partial charge < -0.3 is 4.74 Å². The van der Waals surface area contributed by atoms with E-state index < -0.39 is 0 Å². The zero-order valence-corrected chi connectivity index (χ0v) is 12.4. The van der Waals surface area contributed by atoms with E-state index in [9.17, 15) is 4.79 Å². The molecule has 0 saturated heterocycles. The van der Waals surface area contributed by atoms with E-state index in [2.05, 4.69) is 31.2 Å². The molecular formula is C12H13BrN4O2. The van der Waals surface area contributed by atoms with Crippen molar-refractivity contribution in [3.63, 3.8) is 0 Å². The Morgan fingerprint density at radius 3 is 2.63 bits per heavy atom. The molecule has 19 heavy (non-hydrogen) atoms. The van der Waals surface area contributed by atoms with E-state index in [4.69, 9.17) is 4.74 Å². The molecule has 0 aliphatic rings. The van der Waals surface area contributed by atoms with Crippen LogP contribution in [0.5, 0.6) is 5.88 Å². The highest BCUT2D eigenvalue weighted by atomic mass is 79.9. The Morgan fingerprint density at radius 2 is 2.11 bits per heavy atom. The lowest BCUT2D eigenvalue weighted by Crippen LogP contribution is -2.15. The van der Waals surface area contributed by atoms with Gasteiger partial charge in [-0.25, -0.2) is 0 Å². The van der Waals surface area contributed by atoms with E-state index in [1.54, 1.807) is 23.0 Å². The van der Waals surface area contributed by atoms with E-state index >= 15 is 0 Å². The first kappa shape index (κ1) is 13.7. The van der Waals surface area contributed by atoms with Gasteiger partial charge in [0.25, 0.3) is 0 Å². The lowest BCUT2D eigenvalue weighted by molar-refractivity contribution is 0.102. The van der Waals surface area contributed by atoms with Crippen LogP contribution in [-0.2, 0) is 0 Å². The molecule has 0 amide bonds. The van der Waals surface area contributed by atoms with Crippen LogP contribution in [0.3, 0.4) is 0 Å². The third-order valence-electron chi connectivity index (χ3n) is 2.54. The van der Waals surface area contributed by atoms with Crippen LogP contribution < -0.4 is 4.74 Å². The molecule has 0 N–H and O–H groups in total. The number of ketones is 1. The lowest BCUT2D eigenvalue weighted by atomic mass is 10.2.